The number of tetrazole rings is 1. The van der Waals surface area contributed by atoms with Gasteiger partial charge in [-0.25, -0.2) is 0 Å². The zero-order valence-electron chi connectivity index (χ0n) is 11.2. The van der Waals surface area contributed by atoms with E-state index in [0.717, 1.165) is 12.1 Å². The Kier molecular flexibility index (Phi) is 4.46. The number of rotatable bonds is 6. The number of aliphatic hydroxyl groups excluding tert-OH is 1. The molecular formula is C13H19N5O. The van der Waals surface area contributed by atoms with E-state index in [4.69, 9.17) is 0 Å². The Balaban J connectivity index is 2.16. The van der Waals surface area contributed by atoms with Crippen LogP contribution in [0.25, 0.3) is 5.69 Å². The lowest BCUT2D eigenvalue weighted by Crippen LogP contribution is -2.27. The van der Waals surface area contributed by atoms with Crippen LogP contribution in [0.5, 0.6) is 0 Å². The van der Waals surface area contributed by atoms with Gasteiger partial charge in [-0.05, 0) is 34.9 Å². The van der Waals surface area contributed by atoms with Gasteiger partial charge in [-0.2, -0.15) is 4.68 Å². The van der Waals surface area contributed by atoms with Crippen LogP contribution in [0.1, 0.15) is 20.3 Å². The molecule has 1 atom stereocenters. The van der Waals surface area contributed by atoms with Crippen LogP contribution in [0, 0.1) is 5.92 Å². The maximum Gasteiger partial charge on any atom is 0.248 e. The van der Waals surface area contributed by atoms with E-state index in [1.807, 2.05) is 30.3 Å². The number of hydrogen-bond donors (Lipinski definition) is 2. The van der Waals surface area contributed by atoms with Gasteiger partial charge in [0.15, 0.2) is 0 Å². The lowest BCUT2D eigenvalue weighted by atomic mass is 10.0. The van der Waals surface area contributed by atoms with Crippen molar-refractivity contribution < 1.29 is 5.11 Å². The first-order valence-corrected chi connectivity index (χ1v) is 6.42. The molecule has 2 aromatic rings. The van der Waals surface area contributed by atoms with E-state index in [2.05, 4.69) is 34.7 Å². The molecule has 1 heterocycles. The second-order valence-corrected chi connectivity index (χ2v) is 4.90. The van der Waals surface area contributed by atoms with E-state index in [-0.39, 0.29) is 12.6 Å². The van der Waals surface area contributed by atoms with E-state index in [0.29, 0.717) is 11.9 Å². The van der Waals surface area contributed by atoms with Gasteiger partial charge in [-0.15, -0.1) is 0 Å². The van der Waals surface area contributed by atoms with Crippen molar-refractivity contribution in [3.63, 3.8) is 0 Å². The van der Waals surface area contributed by atoms with E-state index in [1.54, 1.807) is 4.68 Å². The largest absolute Gasteiger partial charge is 0.394 e. The summed E-state index contributed by atoms with van der Waals surface area (Å²) in [6.07, 6.45) is 0.859. The molecule has 0 spiro atoms. The molecule has 19 heavy (non-hydrogen) atoms. The minimum atomic E-state index is -0.0477. The van der Waals surface area contributed by atoms with E-state index >= 15 is 0 Å². The molecule has 0 aliphatic carbocycles. The third-order valence-corrected chi connectivity index (χ3v) is 2.78. The van der Waals surface area contributed by atoms with Gasteiger partial charge in [0.2, 0.25) is 5.95 Å². The molecule has 0 aliphatic heterocycles. The molecule has 102 valence electrons. The molecule has 6 nitrogen and oxygen atoms in total. The van der Waals surface area contributed by atoms with Crippen molar-refractivity contribution in [3.8, 4) is 5.69 Å². The highest BCUT2D eigenvalue weighted by atomic mass is 16.3. The van der Waals surface area contributed by atoms with E-state index < -0.39 is 0 Å². The SMILES string of the molecule is CC(C)CC(CO)Nc1nnnn1-c1ccccc1. The normalized spacial score (nSPS) is 12.6. The number of benzene rings is 1. The molecule has 2 N–H and O–H groups in total. The first-order chi connectivity index (χ1) is 9.20. The lowest BCUT2D eigenvalue weighted by molar-refractivity contribution is 0.258. The van der Waals surface area contributed by atoms with Crippen molar-refractivity contribution in [2.75, 3.05) is 11.9 Å². The summed E-state index contributed by atoms with van der Waals surface area (Å²) in [5, 5.41) is 24.2. The highest BCUT2D eigenvalue weighted by Gasteiger charge is 2.14. The maximum absolute atomic E-state index is 9.39. The van der Waals surface area contributed by atoms with Crippen molar-refractivity contribution in [1.82, 2.24) is 20.2 Å². The fourth-order valence-electron chi connectivity index (χ4n) is 1.95. The average molecular weight is 261 g/mol. The number of para-hydroxylation sites is 1. The molecule has 1 aromatic carbocycles. The van der Waals surface area contributed by atoms with Crippen molar-refractivity contribution in [2.45, 2.75) is 26.3 Å². The molecule has 0 bridgehead atoms. The van der Waals surface area contributed by atoms with Gasteiger partial charge in [0.05, 0.1) is 18.3 Å². The summed E-state index contributed by atoms with van der Waals surface area (Å²) in [5.74, 6) is 1.04. The molecule has 0 aliphatic rings. The molecule has 0 radical (unpaired) electrons. The molecule has 0 fully saturated rings. The first-order valence-electron chi connectivity index (χ1n) is 6.42. The fourth-order valence-corrected chi connectivity index (χ4v) is 1.95. The minimum Gasteiger partial charge on any atom is -0.394 e. The van der Waals surface area contributed by atoms with Gasteiger partial charge in [0.1, 0.15) is 0 Å². The predicted molar refractivity (Wildman–Crippen MR) is 73.1 cm³/mol. The van der Waals surface area contributed by atoms with Crippen LogP contribution in [-0.4, -0.2) is 38.0 Å². The van der Waals surface area contributed by atoms with Crippen LogP contribution in [0.3, 0.4) is 0 Å². The summed E-state index contributed by atoms with van der Waals surface area (Å²) in [7, 11) is 0. The highest BCUT2D eigenvalue weighted by molar-refractivity contribution is 5.38. The Bertz CT molecular complexity index is 497. The van der Waals surface area contributed by atoms with Gasteiger partial charge >= 0.3 is 0 Å². The molecule has 0 amide bonds. The Hall–Kier alpha value is -1.95. The van der Waals surface area contributed by atoms with Crippen LogP contribution in [0.2, 0.25) is 0 Å². The Morgan fingerprint density at radius 2 is 2.00 bits per heavy atom. The topological polar surface area (TPSA) is 75.9 Å². The van der Waals surface area contributed by atoms with Gasteiger partial charge in [-0.3, -0.25) is 0 Å². The predicted octanol–water partition coefficient (Wildman–Crippen LogP) is 1.48. The first kappa shape index (κ1) is 13.5. The summed E-state index contributed by atoms with van der Waals surface area (Å²) in [6.45, 7) is 4.29. The number of nitrogens with one attached hydrogen (secondary N) is 1. The third kappa shape index (κ3) is 3.51. The Labute approximate surface area is 112 Å². The van der Waals surface area contributed by atoms with Gasteiger partial charge < -0.3 is 10.4 Å². The summed E-state index contributed by atoms with van der Waals surface area (Å²) in [4.78, 5) is 0. The highest BCUT2D eigenvalue weighted by Crippen LogP contribution is 2.14. The third-order valence-electron chi connectivity index (χ3n) is 2.78. The number of nitrogens with zero attached hydrogens (tertiary/aromatic N) is 4. The average Bonchev–Trinajstić information content (AvgIpc) is 2.86. The number of anilines is 1. The number of aliphatic hydroxyl groups is 1. The Morgan fingerprint density at radius 1 is 1.26 bits per heavy atom. The summed E-state index contributed by atoms with van der Waals surface area (Å²) < 4.78 is 1.63. The van der Waals surface area contributed by atoms with Crippen molar-refractivity contribution in [2.24, 2.45) is 5.92 Å². The van der Waals surface area contributed by atoms with Crippen LogP contribution in [0.15, 0.2) is 30.3 Å². The standard InChI is InChI=1S/C13H19N5O/c1-10(2)8-11(9-19)14-13-15-16-17-18(13)12-6-4-3-5-7-12/h3-7,10-11,19H,8-9H2,1-2H3,(H,14,15,17). The molecule has 1 aromatic heterocycles. The lowest BCUT2D eigenvalue weighted by Gasteiger charge is -2.18. The van der Waals surface area contributed by atoms with E-state index in [1.165, 1.54) is 0 Å². The monoisotopic (exact) mass is 261 g/mol. The number of aromatic nitrogens is 4. The molecule has 0 saturated carbocycles. The number of hydrogen-bond acceptors (Lipinski definition) is 5. The second-order valence-electron chi connectivity index (χ2n) is 4.90. The van der Waals surface area contributed by atoms with Crippen molar-refractivity contribution in [3.05, 3.63) is 30.3 Å². The summed E-state index contributed by atoms with van der Waals surface area (Å²) in [5.41, 5.74) is 0.885. The quantitative estimate of drug-likeness (QED) is 0.823. The maximum atomic E-state index is 9.39. The van der Waals surface area contributed by atoms with Crippen molar-refractivity contribution in [1.29, 1.82) is 0 Å². The second kappa shape index (κ2) is 6.29. The van der Waals surface area contributed by atoms with Crippen LogP contribution >= 0.6 is 0 Å². The molecule has 1 unspecified atom stereocenters. The molecule has 0 saturated heterocycles. The molecule has 6 heteroatoms. The summed E-state index contributed by atoms with van der Waals surface area (Å²) in [6, 6.07) is 9.61. The van der Waals surface area contributed by atoms with Crippen LogP contribution in [-0.2, 0) is 0 Å². The zero-order valence-corrected chi connectivity index (χ0v) is 11.2. The van der Waals surface area contributed by atoms with Gasteiger partial charge in [0, 0.05) is 0 Å². The van der Waals surface area contributed by atoms with E-state index in [9.17, 15) is 5.11 Å². The fraction of sp³-hybridized carbons (Fsp3) is 0.462. The van der Waals surface area contributed by atoms with Crippen LogP contribution < -0.4 is 5.32 Å². The zero-order chi connectivity index (χ0) is 13.7. The van der Waals surface area contributed by atoms with Crippen LogP contribution in [0.4, 0.5) is 5.95 Å². The summed E-state index contributed by atoms with van der Waals surface area (Å²) >= 11 is 0. The van der Waals surface area contributed by atoms with Crippen molar-refractivity contribution >= 4 is 5.95 Å². The molecule has 2 rings (SSSR count). The van der Waals surface area contributed by atoms with Gasteiger partial charge in [-0.1, -0.05) is 37.1 Å². The molecular weight excluding hydrogens is 242 g/mol. The smallest absolute Gasteiger partial charge is 0.248 e. The van der Waals surface area contributed by atoms with Gasteiger partial charge in [0.25, 0.3) is 0 Å². The Morgan fingerprint density at radius 3 is 2.63 bits per heavy atom. The minimum absolute atomic E-state index is 0.0477.